The molecule has 1 aromatic heterocycles. The number of nitrogens with one attached hydrogen (secondary N) is 1. The molecule has 1 unspecified atom stereocenters. The van der Waals surface area contributed by atoms with Crippen molar-refractivity contribution >= 4 is 33.1 Å². The number of carboxylic acid groups (broad SMARTS) is 1. The quantitative estimate of drug-likeness (QED) is 0.823. The summed E-state index contributed by atoms with van der Waals surface area (Å²) >= 11 is 1.49. The van der Waals surface area contributed by atoms with Gasteiger partial charge in [-0.2, -0.15) is 0 Å². The summed E-state index contributed by atoms with van der Waals surface area (Å²) in [5.74, 6) is -0.847. The third-order valence-electron chi connectivity index (χ3n) is 4.11. The standard InChI is InChI=1S/C14H15NO2S/c1-7-14(2,3)10-6-9(13(16)17)12-8(4-5-18-12)11(10)15-7/h4-7,15H,1-3H3,(H,16,17). The van der Waals surface area contributed by atoms with Gasteiger partial charge in [-0.05, 0) is 30.0 Å². The van der Waals surface area contributed by atoms with Crippen LogP contribution in [0.3, 0.4) is 0 Å². The van der Waals surface area contributed by atoms with Gasteiger partial charge in [0.25, 0.3) is 0 Å². The molecule has 1 aliphatic heterocycles. The Morgan fingerprint density at radius 3 is 2.89 bits per heavy atom. The van der Waals surface area contributed by atoms with E-state index in [0.29, 0.717) is 11.6 Å². The lowest BCUT2D eigenvalue weighted by atomic mass is 9.80. The zero-order valence-electron chi connectivity index (χ0n) is 10.6. The molecule has 0 radical (unpaired) electrons. The summed E-state index contributed by atoms with van der Waals surface area (Å²) in [7, 11) is 0. The number of rotatable bonds is 1. The summed E-state index contributed by atoms with van der Waals surface area (Å²) in [4.78, 5) is 11.4. The predicted octanol–water partition coefficient (Wildman–Crippen LogP) is 3.69. The Kier molecular flexibility index (Phi) is 2.23. The molecule has 0 fully saturated rings. The van der Waals surface area contributed by atoms with Gasteiger partial charge in [0.05, 0.1) is 10.3 Å². The minimum atomic E-state index is -0.847. The largest absolute Gasteiger partial charge is 0.478 e. The van der Waals surface area contributed by atoms with Gasteiger partial charge in [-0.3, -0.25) is 0 Å². The lowest BCUT2D eigenvalue weighted by molar-refractivity contribution is 0.0699. The molecule has 2 aromatic rings. The minimum absolute atomic E-state index is 0.0460. The van der Waals surface area contributed by atoms with Gasteiger partial charge >= 0.3 is 5.97 Å². The number of carbonyl (C=O) groups is 1. The zero-order chi connectivity index (χ0) is 13.1. The van der Waals surface area contributed by atoms with E-state index in [0.717, 1.165) is 21.3 Å². The second kappa shape index (κ2) is 3.48. The van der Waals surface area contributed by atoms with E-state index >= 15 is 0 Å². The zero-order valence-corrected chi connectivity index (χ0v) is 11.4. The average Bonchev–Trinajstić information content (AvgIpc) is 2.83. The summed E-state index contributed by atoms with van der Waals surface area (Å²) in [5.41, 5.74) is 2.59. The molecule has 2 N–H and O–H groups in total. The second-order valence-electron chi connectivity index (χ2n) is 5.40. The van der Waals surface area contributed by atoms with E-state index in [2.05, 4.69) is 26.1 Å². The normalized spacial score (nSPS) is 20.7. The van der Waals surface area contributed by atoms with Crippen molar-refractivity contribution in [2.75, 3.05) is 5.32 Å². The van der Waals surface area contributed by atoms with Gasteiger partial charge in [-0.25, -0.2) is 4.79 Å². The second-order valence-corrected chi connectivity index (χ2v) is 6.32. The van der Waals surface area contributed by atoms with Crippen LogP contribution in [0, 0.1) is 0 Å². The number of hydrogen-bond donors (Lipinski definition) is 2. The van der Waals surface area contributed by atoms with Crippen LogP contribution >= 0.6 is 11.3 Å². The molecule has 0 bridgehead atoms. The van der Waals surface area contributed by atoms with Gasteiger partial charge in [0.2, 0.25) is 0 Å². The maximum atomic E-state index is 11.4. The summed E-state index contributed by atoms with van der Waals surface area (Å²) in [6.07, 6.45) is 0. The Morgan fingerprint density at radius 1 is 1.50 bits per heavy atom. The van der Waals surface area contributed by atoms with Gasteiger partial charge in [0.1, 0.15) is 0 Å². The van der Waals surface area contributed by atoms with Crippen molar-refractivity contribution in [1.82, 2.24) is 0 Å². The van der Waals surface area contributed by atoms with Crippen LogP contribution in [0.1, 0.15) is 36.7 Å². The summed E-state index contributed by atoms with van der Waals surface area (Å²) < 4.78 is 0.860. The van der Waals surface area contributed by atoms with Gasteiger partial charge in [-0.1, -0.05) is 13.8 Å². The van der Waals surface area contributed by atoms with Gasteiger partial charge in [0.15, 0.2) is 0 Å². The SMILES string of the molecule is CC1Nc2c(cc(C(=O)O)c3sccc23)C1(C)C. The summed E-state index contributed by atoms with van der Waals surface area (Å²) in [6.45, 7) is 6.44. The molecule has 0 spiro atoms. The molecule has 0 amide bonds. The Labute approximate surface area is 109 Å². The fourth-order valence-corrected chi connectivity index (χ4v) is 3.51. The number of thiophene rings is 1. The van der Waals surface area contributed by atoms with Crippen molar-refractivity contribution < 1.29 is 9.90 Å². The van der Waals surface area contributed by atoms with E-state index in [4.69, 9.17) is 0 Å². The number of fused-ring (bicyclic) bond motifs is 3. The Morgan fingerprint density at radius 2 is 2.22 bits per heavy atom. The Balaban J connectivity index is 2.41. The smallest absolute Gasteiger partial charge is 0.337 e. The summed E-state index contributed by atoms with van der Waals surface area (Å²) in [6, 6.07) is 4.15. The van der Waals surface area contributed by atoms with E-state index in [1.54, 1.807) is 0 Å². The molecule has 1 aliphatic rings. The monoisotopic (exact) mass is 261 g/mol. The van der Waals surface area contributed by atoms with Crippen molar-refractivity contribution in [3.63, 3.8) is 0 Å². The van der Waals surface area contributed by atoms with Crippen LogP contribution in [0.15, 0.2) is 17.5 Å². The summed E-state index contributed by atoms with van der Waals surface area (Å²) in [5, 5.41) is 15.8. The minimum Gasteiger partial charge on any atom is -0.478 e. The first kappa shape index (κ1) is 11.5. The molecule has 0 saturated carbocycles. The third-order valence-corrected chi connectivity index (χ3v) is 5.05. The first-order valence-electron chi connectivity index (χ1n) is 5.97. The van der Waals surface area contributed by atoms with Crippen LogP contribution in [0.5, 0.6) is 0 Å². The molecule has 3 nitrogen and oxygen atoms in total. The van der Waals surface area contributed by atoms with Crippen molar-refractivity contribution in [1.29, 1.82) is 0 Å². The maximum absolute atomic E-state index is 11.4. The first-order chi connectivity index (χ1) is 8.43. The average molecular weight is 261 g/mol. The lowest BCUT2D eigenvalue weighted by Gasteiger charge is -2.24. The van der Waals surface area contributed by atoms with Gasteiger partial charge in [-0.15, -0.1) is 11.3 Å². The van der Waals surface area contributed by atoms with Gasteiger partial charge in [0, 0.05) is 22.5 Å². The van der Waals surface area contributed by atoms with E-state index in [1.807, 2.05) is 17.5 Å². The molecule has 1 atom stereocenters. The highest BCUT2D eigenvalue weighted by molar-refractivity contribution is 7.17. The molecule has 0 saturated heterocycles. The van der Waals surface area contributed by atoms with E-state index in [1.165, 1.54) is 11.3 Å². The first-order valence-corrected chi connectivity index (χ1v) is 6.85. The molecule has 1 aromatic carbocycles. The Bertz CT molecular complexity index is 657. The van der Waals surface area contributed by atoms with Crippen LogP contribution in [0.25, 0.3) is 10.1 Å². The molecular weight excluding hydrogens is 246 g/mol. The highest BCUT2D eigenvalue weighted by Gasteiger charge is 2.38. The van der Waals surface area contributed by atoms with Gasteiger partial charge < -0.3 is 10.4 Å². The van der Waals surface area contributed by atoms with Crippen LogP contribution in [0.2, 0.25) is 0 Å². The lowest BCUT2D eigenvalue weighted by Crippen LogP contribution is -2.29. The molecule has 3 rings (SSSR count). The number of benzene rings is 1. The Hall–Kier alpha value is -1.55. The molecule has 0 aliphatic carbocycles. The highest BCUT2D eigenvalue weighted by Crippen LogP contribution is 2.46. The number of aromatic carboxylic acids is 1. The molecule has 4 heteroatoms. The maximum Gasteiger partial charge on any atom is 0.337 e. The fourth-order valence-electron chi connectivity index (χ4n) is 2.59. The molecule has 94 valence electrons. The molecular formula is C14H15NO2S. The van der Waals surface area contributed by atoms with E-state index in [-0.39, 0.29) is 5.41 Å². The predicted molar refractivity (Wildman–Crippen MR) is 74.9 cm³/mol. The third kappa shape index (κ3) is 1.32. The van der Waals surface area contributed by atoms with Crippen molar-refractivity contribution in [2.45, 2.75) is 32.2 Å². The van der Waals surface area contributed by atoms with Crippen molar-refractivity contribution in [3.05, 3.63) is 28.6 Å². The van der Waals surface area contributed by atoms with Crippen molar-refractivity contribution in [3.8, 4) is 0 Å². The van der Waals surface area contributed by atoms with Crippen LogP contribution < -0.4 is 5.32 Å². The number of carboxylic acids is 1. The van der Waals surface area contributed by atoms with Crippen molar-refractivity contribution in [2.24, 2.45) is 0 Å². The van der Waals surface area contributed by atoms with E-state index in [9.17, 15) is 9.90 Å². The van der Waals surface area contributed by atoms with Crippen LogP contribution in [0.4, 0.5) is 5.69 Å². The number of hydrogen-bond acceptors (Lipinski definition) is 3. The fraction of sp³-hybridized carbons (Fsp3) is 0.357. The van der Waals surface area contributed by atoms with Crippen LogP contribution in [-0.4, -0.2) is 17.1 Å². The topological polar surface area (TPSA) is 49.3 Å². The molecule has 2 heterocycles. The molecule has 18 heavy (non-hydrogen) atoms. The number of anilines is 1. The van der Waals surface area contributed by atoms with E-state index < -0.39 is 5.97 Å². The van der Waals surface area contributed by atoms with Crippen LogP contribution in [-0.2, 0) is 5.41 Å². The highest BCUT2D eigenvalue weighted by atomic mass is 32.1.